The van der Waals surface area contributed by atoms with Crippen LogP contribution in [0.5, 0.6) is 0 Å². The number of halogens is 1. The van der Waals surface area contributed by atoms with Crippen LogP contribution in [0.25, 0.3) is 0 Å². The standard InChI is InChI=1S/C15H16N2OS.ClH/c1-2-10-6-8-19-14(10)15(18)17-12-3-4-13-11(9-12)5-7-16-13;/h3-4,6,8-9,16H,2,5,7H2,1H3,(H,17,18);1H. The van der Waals surface area contributed by atoms with Crippen molar-refractivity contribution >= 4 is 41.0 Å². The molecular weight excluding hydrogens is 292 g/mol. The molecule has 0 spiro atoms. The Hall–Kier alpha value is -1.52. The van der Waals surface area contributed by atoms with Crippen molar-refractivity contribution in [3.8, 4) is 0 Å². The lowest BCUT2D eigenvalue weighted by Gasteiger charge is -2.07. The molecule has 1 aliphatic rings. The molecule has 0 atom stereocenters. The van der Waals surface area contributed by atoms with Crippen molar-refractivity contribution in [2.45, 2.75) is 19.8 Å². The third-order valence-electron chi connectivity index (χ3n) is 3.41. The van der Waals surface area contributed by atoms with E-state index in [1.54, 1.807) is 0 Å². The molecule has 1 amide bonds. The fourth-order valence-electron chi connectivity index (χ4n) is 2.38. The summed E-state index contributed by atoms with van der Waals surface area (Å²) < 4.78 is 0. The Morgan fingerprint density at radius 1 is 1.40 bits per heavy atom. The molecule has 3 rings (SSSR count). The summed E-state index contributed by atoms with van der Waals surface area (Å²) in [5.41, 5.74) is 4.45. The number of aryl methyl sites for hydroxylation is 1. The predicted molar refractivity (Wildman–Crippen MR) is 87.5 cm³/mol. The van der Waals surface area contributed by atoms with Crippen LogP contribution in [-0.2, 0) is 12.8 Å². The first kappa shape index (κ1) is 14.9. The molecule has 5 heteroatoms. The molecule has 2 aromatic rings. The van der Waals surface area contributed by atoms with Gasteiger partial charge in [0.2, 0.25) is 0 Å². The molecular formula is C15H17ClN2OS. The molecule has 0 saturated heterocycles. The van der Waals surface area contributed by atoms with Gasteiger partial charge in [0, 0.05) is 17.9 Å². The highest BCUT2D eigenvalue weighted by Gasteiger charge is 2.14. The molecule has 106 valence electrons. The highest BCUT2D eigenvalue weighted by atomic mass is 35.5. The molecule has 1 aromatic carbocycles. The Morgan fingerprint density at radius 2 is 2.25 bits per heavy atom. The molecule has 20 heavy (non-hydrogen) atoms. The molecule has 2 N–H and O–H groups in total. The molecule has 3 nitrogen and oxygen atoms in total. The van der Waals surface area contributed by atoms with Gasteiger partial charge in [0.25, 0.3) is 5.91 Å². The summed E-state index contributed by atoms with van der Waals surface area (Å²) >= 11 is 1.50. The number of amides is 1. The summed E-state index contributed by atoms with van der Waals surface area (Å²) in [6.45, 7) is 3.05. The summed E-state index contributed by atoms with van der Waals surface area (Å²) in [4.78, 5) is 13.1. The molecule has 0 fully saturated rings. The van der Waals surface area contributed by atoms with Crippen LogP contribution in [0.3, 0.4) is 0 Å². The van der Waals surface area contributed by atoms with Crippen LogP contribution in [0, 0.1) is 0 Å². The number of benzene rings is 1. The monoisotopic (exact) mass is 308 g/mol. The van der Waals surface area contributed by atoms with E-state index in [0.717, 1.165) is 35.5 Å². The lowest BCUT2D eigenvalue weighted by Crippen LogP contribution is -2.12. The average Bonchev–Trinajstić information content (AvgIpc) is 3.06. The van der Waals surface area contributed by atoms with E-state index in [2.05, 4.69) is 23.6 Å². The molecule has 0 unspecified atom stereocenters. The van der Waals surface area contributed by atoms with E-state index in [1.807, 2.05) is 23.6 Å². The summed E-state index contributed by atoms with van der Waals surface area (Å²) in [6.07, 6.45) is 1.92. The first-order chi connectivity index (χ1) is 9.28. The van der Waals surface area contributed by atoms with Crippen molar-refractivity contribution in [2.24, 2.45) is 0 Å². The first-order valence-electron chi connectivity index (χ1n) is 6.52. The molecule has 0 bridgehead atoms. The molecule has 0 radical (unpaired) electrons. The van der Waals surface area contributed by atoms with Crippen LogP contribution in [-0.4, -0.2) is 12.5 Å². The van der Waals surface area contributed by atoms with E-state index in [4.69, 9.17) is 0 Å². The second-order valence-electron chi connectivity index (χ2n) is 4.63. The maximum Gasteiger partial charge on any atom is 0.266 e. The van der Waals surface area contributed by atoms with Gasteiger partial charge < -0.3 is 10.6 Å². The maximum absolute atomic E-state index is 12.2. The molecule has 2 heterocycles. The molecule has 1 aliphatic heterocycles. The second-order valence-corrected chi connectivity index (χ2v) is 5.55. The van der Waals surface area contributed by atoms with Gasteiger partial charge in [0.15, 0.2) is 0 Å². The number of anilines is 2. The van der Waals surface area contributed by atoms with Crippen molar-refractivity contribution in [2.75, 3.05) is 17.2 Å². The minimum absolute atomic E-state index is 0. The lowest BCUT2D eigenvalue weighted by molar-refractivity contribution is 0.103. The van der Waals surface area contributed by atoms with Gasteiger partial charge in [-0.1, -0.05) is 6.92 Å². The summed E-state index contributed by atoms with van der Waals surface area (Å²) in [5, 5.41) is 8.28. The number of carbonyl (C=O) groups is 1. The second kappa shape index (κ2) is 6.29. The van der Waals surface area contributed by atoms with Crippen LogP contribution in [0.4, 0.5) is 11.4 Å². The van der Waals surface area contributed by atoms with Gasteiger partial charge in [0.05, 0.1) is 4.88 Å². The number of fused-ring (bicyclic) bond motifs is 1. The first-order valence-corrected chi connectivity index (χ1v) is 7.40. The minimum Gasteiger partial charge on any atom is -0.384 e. The van der Waals surface area contributed by atoms with E-state index in [9.17, 15) is 4.79 Å². The van der Waals surface area contributed by atoms with Crippen molar-refractivity contribution < 1.29 is 4.79 Å². The lowest BCUT2D eigenvalue weighted by atomic mass is 10.1. The zero-order valence-corrected chi connectivity index (χ0v) is 12.9. The summed E-state index contributed by atoms with van der Waals surface area (Å²) in [5.74, 6) is -0.00208. The van der Waals surface area contributed by atoms with Crippen LogP contribution in [0.15, 0.2) is 29.6 Å². The Balaban J connectivity index is 0.00000147. The third kappa shape index (κ3) is 2.81. The van der Waals surface area contributed by atoms with Gasteiger partial charge in [-0.05, 0) is 53.6 Å². The number of nitrogens with one attached hydrogen (secondary N) is 2. The summed E-state index contributed by atoms with van der Waals surface area (Å²) in [6, 6.07) is 8.07. The Bertz CT molecular complexity index is 624. The highest BCUT2D eigenvalue weighted by molar-refractivity contribution is 7.12. The van der Waals surface area contributed by atoms with Crippen molar-refractivity contribution in [1.82, 2.24) is 0 Å². The van der Waals surface area contributed by atoms with Gasteiger partial charge in [-0.25, -0.2) is 0 Å². The van der Waals surface area contributed by atoms with E-state index >= 15 is 0 Å². The Kier molecular flexibility index (Phi) is 4.68. The predicted octanol–water partition coefficient (Wildman–Crippen LogP) is 3.95. The quantitative estimate of drug-likeness (QED) is 0.901. The fourth-order valence-corrected chi connectivity index (χ4v) is 3.27. The van der Waals surface area contributed by atoms with E-state index in [-0.39, 0.29) is 18.3 Å². The van der Waals surface area contributed by atoms with Gasteiger partial charge in [-0.3, -0.25) is 4.79 Å². The SMILES string of the molecule is CCc1ccsc1C(=O)Nc1ccc2c(c1)CCN2.Cl. The van der Waals surface area contributed by atoms with Gasteiger partial charge in [-0.15, -0.1) is 23.7 Å². The van der Waals surface area contributed by atoms with Crippen molar-refractivity contribution in [1.29, 1.82) is 0 Å². The zero-order chi connectivity index (χ0) is 13.2. The highest BCUT2D eigenvalue weighted by Crippen LogP contribution is 2.26. The normalized spacial score (nSPS) is 12.2. The van der Waals surface area contributed by atoms with Crippen molar-refractivity contribution in [3.05, 3.63) is 45.6 Å². The van der Waals surface area contributed by atoms with Crippen LogP contribution in [0.2, 0.25) is 0 Å². The largest absolute Gasteiger partial charge is 0.384 e. The number of hydrogen-bond acceptors (Lipinski definition) is 3. The number of carbonyl (C=O) groups excluding carboxylic acids is 1. The van der Waals surface area contributed by atoms with Gasteiger partial charge >= 0.3 is 0 Å². The molecule has 0 aliphatic carbocycles. The topological polar surface area (TPSA) is 41.1 Å². The van der Waals surface area contributed by atoms with Crippen LogP contribution < -0.4 is 10.6 Å². The third-order valence-corrected chi connectivity index (χ3v) is 4.36. The fraction of sp³-hybridized carbons (Fsp3) is 0.267. The van der Waals surface area contributed by atoms with Crippen LogP contribution in [0.1, 0.15) is 27.7 Å². The van der Waals surface area contributed by atoms with E-state index < -0.39 is 0 Å². The summed E-state index contributed by atoms with van der Waals surface area (Å²) in [7, 11) is 0. The zero-order valence-electron chi connectivity index (χ0n) is 11.2. The smallest absolute Gasteiger partial charge is 0.266 e. The molecule has 1 aromatic heterocycles. The maximum atomic E-state index is 12.2. The Morgan fingerprint density at radius 3 is 3.05 bits per heavy atom. The number of rotatable bonds is 3. The average molecular weight is 309 g/mol. The van der Waals surface area contributed by atoms with Crippen LogP contribution >= 0.6 is 23.7 Å². The minimum atomic E-state index is -0.00208. The van der Waals surface area contributed by atoms with Crippen molar-refractivity contribution in [3.63, 3.8) is 0 Å². The van der Waals surface area contributed by atoms with E-state index in [0.29, 0.717) is 0 Å². The molecule has 0 saturated carbocycles. The number of hydrogen-bond donors (Lipinski definition) is 2. The van der Waals surface area contributed by atoms with Gasteiger partial charge in [-0.2, -0.15) is 0 Å². The van der Waals surface area contributed by atoms with Gasteiger partial charge in [0.1, 0.15) is 0 Å². The van der Waals surface area contributed by atoms with E-state index in [1.165, 1.54) is 22.6 Å². The number of thiophene rings is 1. The Labute approximate surface area is 128 Å².